The first-order valence-electron chi connectivity index (χ1n) is 10.7. The molecule has 0 radical (unpaired) electrons. The number of amides is 3. The van der Waals surface area contributed by atoms with E-state index < -0.39 is 47.9 Å². The number of phenols is 1. The van der Waals surface area contributed by atoms with Crippen LogP contribution in [0.5, 0.6) is 5.75 Å². The van der Waals surface area contributed by atoms with Gasteiger partial charge in [0.05, 0.1) is 6.04 Å². The van der Waals surface area contributed by atoms with E-state index in [1.54, 1.807) is 26.0 Å². The van der Waals surface area contributed by atoms with Gasteiger partial charge < -0.3 is 31.5 Å². The van der Waals surface area contributed by atoms with Gasteiger partial charge in [0.2, 0.25) is 17.7 Å². The summed E-state index contributed by atoms with van der Waals surface area (Å²) in [4.78, 5) is 50.7. The number of carbonyl (C=O) groups is 4. The van der Waals surface area contributed by atoms with Crippen molar-refractivity contribution in [1.82, 2.24) is 15.5 Å². The Bertz CT molecular complexity index is 841. The molecule has 1 aliphatic rings. The van der Waals surface area contributed by atoms with Crippen LogP contribution in [0.4, 0.5) is 0 Å². The summed E-state index contributed by atoms with van der Waals surface area (Å²) in [5, 5.41) is 23.9. The molecule has 176 valence electrons. The zero-order chi connectivity index (χ0) is 24.0. The molecule has 0 bridgehead atoms. The maximum absolute atomic E-state index is 12.9. The van der Waals surface area contributed by atoms with Crippen LogP contribution in [0.15, 0.2) is 24.3 Å². The van der Waals surface area contributed by atoms with Gasteiger partial charge in [0.25, 0.3) is 0 Å². The summed E-state index contributed by atoms with van der Waals surface area (Å²) in [6.07, 6.45) is 1.19. The van der Waals surface area contributed by atoms with Crippen molar-refractivity contribution < 1.29 is 29.4 Å². The van der Waals surface area contributed by atoms with Crippen molar-refractivity contribution in [1.29, 1.82) is 0 Å². The second-order valence-electron chi connectivity index (χ2n) is 8.47. The minimum Gasteiger partial charge on any atom is -0.508 e. The maximum Gasteiger partial charge on any atom is 0.326 e. The van der Waals surface area contributed by atoms with E-state index in [-0.39, 0.29) is 18.1 Å². The summed E-state index contributed by atoms with van der Waals surface area (Å²) >= 11 is 0. The molecular formula is C22H32N4O6. The average molecular weight is 449 g/mol. The van der Waals surface area contributed by atoms with Crippen LogP contribution < -0.4 is 16.4 Å². The molecule has 1 saturated heterocycles. The number of phenolic OH excluding ortho intramolecular Hbond substituents is 1. The molecule has 0 spiro atoms. The van der Waals surface area contributed by atoms with Gasteiger partial charge in [0, 0.05) is 6.54 Å². The molecule has 10 nitrogen and oxygen atoms in total. The van der Waals surface area contributed by atoms with E-state index in [0.29, 0.717) is 19.4 Å². The SMILES string of the molecule is CC(NC(=O)C(N)Cc1ccc(O)cc1)C(=O)NC(C(=O)N1CCCC1C(=O)O)C(C)C. The van der Waals surface area contributed by atoms with Crippen molar-refractivity contribution in [3.8, 4) is 5.75 Å². The van der Waals surface area contributed by atoms with Gasteiger partial charge in [-0.05, 0) is 49.8 Å². The van der Waals surface area contributed by atoms with Crippen LogP contribution in [0, 0.1) is 5.92 Å². The quantitative estimate of drug-likeness (QED) is 0.355. The number of nitrogens with zero attached hydrogens (tertiary/aromatic N) is 1. The van der Waals surface area contributed by atoms with Crippen molar-refractivity contribution in [2.24, 2.45) is 11.7 Å². The molecule has 4 atom stereocenters. The predicted molar refractivity (Wildman–Crippen MR) is 117 cm³/mol. The van der Waals surface area contributed by atoms with E-state index in [1.165, 1.54) is 24.0 Å². The molecule has 1 fully saturated rings. The smallest absolute Gasteiger partial charge is 0.326 e. The van der Waals surface area contributed by atoms with Crippen molar-refractivity contribution >= 4 is 23.7 Å². The number of hydrogen-bond acceptors (Lipinski definition) is 6. The normalized spacial score (nSPS) is 18.7. The van der Waals surface area contributed by atoms with Gasteiger partial charge in [0.1, 0.15) is 23.9 Å². The Labute approximate surface area is 187 Å². The number of rotatable bonds is 9. The van der Waals surface area contributed by atoms with Crippen molar-refractivity contribution in [2.45, 2.75) is 64.2 Å². The van der Waals surface area contributed by atoms with Crippen LogP contribution >= 0.6 is 0 Å². The lowest BCUT2D eigenvalue weighted by molar-refractivity contribution is -0.150. The Morgan fingerprint density at radius 3 is 2.28 bits per heavy atom. The fourth-order valence-corrected chi connectivity index (χ4v) is 3.62. The molecule has 1 aromatic carbocycles. The van der Waals surface area contributed by atoms with Crippen molar-refractivity contribution in [3.05, 3.63) is 29.8 Å². The third-order valence-electron chi connectivity index (χ3n) is 5.53. The molecule has 0 saturated carbocycles. The Hall–Kier alpha value is -3.14. The topological polar surface area (TPSA) is 162 Å². The number of benzene rings is 1. The molecule has 4 unspecified atom stereocenters. The Morgan fingerprint density at radius 1 is 1.09 bits per heavy atom. The molecule has 0 aromatic heterocycles. The van der Waals surface area contributed by atoms with Gasteiger partial charge in [-0.3, -0.25) is 14.4 Å². The summed E-state index contributed by atoms with van der Waals surface area (Å²) in [6, 6.07) is 2.64. The molecule has 1 aliphatic heterocycles. The van der Waals surface area contributed by atoms with Gasteiger partial charge in [-0.15, -0.1) is 0 Å². The highest BCUT2D eigenvalue weighted by atomic mass is 16.4. The highest BCUT2D eigenvalue weighted by molar-refractivity contribution is 5.94. The minimum absolute atomic E-state index is 0.106. The molecule has 3 amide bonds. The van der Waals surface area contributed by atoms with Crippen LogP contribution in [-0.4, -0.2) is 69.5 Å². The van der Waals surface area contributed by atoms with Gasteiger partial charge in [-0.2, -0.15) is 0 Å². The van der Waals surface area contributed by atoms with Gasteiger partial charge in [-0.1, -0.05) is 26.0 Å². The lowest BCUT2D eigenvalue weighted by Gasteiger charge is -2.30. The van der Waals surface area contributed by atoms with Gasteiger partial charge >= 0.3 is 5.97 Å². The third kappa shape index (κ3) is 6.43. The first kappa shape index (κ1) is 25.1. The van der Waals surface area contributed by atoms with Crippen molar-refractivity contribution in [2.75, 3.05) is 6.54 Å². The number of aromatic hydroxyl groups is 1. The number of hydrogen-bond donors (Lipinski definition) is 5. The fraction of sp³-hybridized carbons (Fsp3) is 0.545. The maximum atomic E-state index is 12.9. The second-order valence-corrected chi connectivity index (χ2v) is 8.47. The molecule has 6 N–H and O–H groups in total. The highest BCUT2D eigenvalue weighted by Crippen LogP contribution is 2.20. The van der Waals surface area contributed by atoms with Crippen LogP contribution in [0.1, 0.15) is 39.2 Å². The van der Waals surface area contributed by atoms with Crippen LogP contribution in [0.25, 0.3) is 0 Å². The summed E-state index contributed by atoms with van der Waals surface area (Å²) in [5.41, 5.74) is 6.69. The standard InChI is InChI=1S/C22H32N4O6/c1-12(2)18(21(30)26-10-4-5-17(26)22(31)32)25-19(28)13(3)24-20(29)16(23)11-14-6-8-15(27)9-7-14/h6-9,12-13,16-18,27H,4-5,10-11,23H2,1-3H3,(H,24,29)(H,25,28)(H,31,32). The number of likely N-dealkylation sites (tertiary alicyclic amines) is 1. The highest BCUT2D eigenvalue weighted by Gasteiger charge is 2.39. The molecular weight excluding hydrogens is 416 g/mol. The zero-order valence-corrected chi connectivity index (χ0v) is 18.6. The van der Waals surface area contributed by atoms with Gasteiger partial charge in [-0.25, -0.2) is 4.79 Å². The number of aliphatic carboxylic acids is 1. The fourth-order valence-electron chi connectivity index (χ4n) is 3.62. The summed E-state index contributed by atoms with van der Waals surface area (Å²) < 4.78 is 0. The lowest BCUT2D eigenvalue weighted by Crippen LogP contribution is -2.58. The predicted octanol–water partition coefficient (Wildman–Crippen LogP) is -0.0169. The van der Waals surface area contributed by atoms with E-state index in [0.717, 1.165) is 5.56 Å². The van der Waals surface area contributed by atoms with E-state index in [1.807, 2.05) is 0 Å². The number of nitrogens with one attached hydrogen (secondary N) is 2. The monoisotopic (exact) mass is 448 g/mol. The largest absolute Gasteiger partial charge is 0.508 e. The molecule has 1 aromatic rings. The Morgan fingerprint density at radius 2 is 1.72 bits per heavy atom. The van der Waals surface area contributed by atoms with Crippen LogP contribution in [0.3, 0.4) is 0 Å². The average Bonchev–Trinajstić information content (AvgIpc) is 3.23. The summed E-state index contributed by atoms with van der Waals surface area (Å²) in [6.45, 7) is 5.32. The zero-order valence-electron chi connectivity index (χ0n) is 18.6. The van der Waals surface area contributed by atoms with Crippen molar-refractivity contribution in [3.63, 3.8) is 0 Å². The first-order valence-corrected chi connectivity index (χ1v) is 10.7. The molecule has 32 heavy (non-hydrogen) atoms. The van der Waals surface area contributed by atoms with E-state index >= 15 is 0 Å². The third-order valence-corrected chi connectivity index (χ3v) is 5.53. The first-order chi connectivity index (χ1) is 15.0. The van der Waals surface area contributed by atoms with Gasteiger partial charge in [0.15, 0.2) is 0 Å². The number of carboxylic acids is 1. The number of carbonyl (C=O) groups excluding carboxylic acids is 3. The summed E-state index contributed by atoms with van der Waals surface area (Å²) in [5.74, 6) is -2.77. The number of nitrogens with two attached hydrogens (primary N) is 1. The molecule has 10 heteroatoms. The van der Waals surface area contributed by atoms with Crippen LogP contribution in [-0.2, 0) is 25.6 Å². The second kappa shape index (κ2) is 10.9. The van der Waals surface area contributed by atoms with Crippen LogP contribution in [0.2, 0.25) is 0 Å². The minimum atomic E-state index is -1.06. The number of carboxylic acid groups (broad SMARTS) is 1. The Balaban J connectivity index is 1.96. The van der Waals surface area contributed by atoms with E-state index in [4.69, 9.17) is 5.73 Å². The molecule has 2 rings (SSSR count). The summed E-state index contributed by atoms with van der Waals surface area (Å²) in [7, 11) is 0. The van der Waals surface area contributed by atoms with E-state index in [2.05, 4.69) is 10.6 Å². The Kier molecular flexibility index (Phi) is 8.59. The lowest BCUT2D eigenvalue weighted by atomic mass is 10.0. The van der Waals surface area contributed by atoms with E-state index in [9.17, 15) is 29.4 Å². The molecule has 1 heterocycles. The molecule has 0 aliphatic carbocycles.